The lowest BCUT2D eigenvalue weighted by Crippen LogP contribution is -2.62. The van der Waals surface area contributed by atoms with Crippen LogP contribution in [0.5, 0.6) is 0 Å². The molecule has 0 spiro atoms. The van der Waals surface area contributed by atoms with Gasteiger partial charge >= 0.3 is 0 Å². The lowest BCUT2D eigenvalue weighted by Gasteiger charge is -2.60. The third kappa shape index (κ3) is 1.10. The van der Waals surface area contributed by atoms with Crippen LogP contribution in [0.1, 0.15) is 50.2 Å². The summed E-state index contributed by atoms with van der Waals surface area (Å²) in [4.78, 5) is 0. The van der Waals surface area contributed by atoms with Crippen molar-refractivity contribution in [3.63, 3.8) is 0 Å². The molecule has 0 heterocycles. The first-order chi connectivity index (χ1) is 7.53. The van der Waals surface area contributed by atoms with Crippen LogP contribution in [-0.4, -0.2) is 6.04 Å². The van der Waals surface area contributed by atoms with Gasteiger partial charge in [0, 0.05) is 6.04 Å². The zero-order valence-electron chi connectivity index (χ0n) is 10.4. The molecule has 1 nitrogen and oxygen atoms in total. The van der Waals surface area contributed by atoms with Crippen LogP contribution in [0.4, 0.5) is 0 Å². The van der Waals surface area contributed by atoms with Gasteiger partial charge in [-0.3, -0.25) is 0 Å². The maximum absolute atomic E-state index is 6.33. The summed E-state index contributed by atoms with van der Waals surface area (Å²) in [5, 5.41) is 0. The van der Waals surface area contributed by atoms with Crippen molar-refractivity contribution < 1.29 is 0 Å². The molecule has 86 valence electrons. The van der Waals surface area contributed by atoms with Crippen LogP contribution in [0.15, 0.2) is 24.3 Å². The first-order valence-electron chi connectivity index (χ1n) is 6.38. The van der Waals surface area contributed by atoms with Crippen LogP contribution >= 0.6 is 0 Å². The summed E-state index contributed by atoms with van der Waals surface area (Å²) in [6.45, 7) is 6.99. The Morgan fingerprint density at radius 2 is 1.81 bits per heavy atom. The Bertz CT molecular complexity index is 421. The molecular weight excluding hydrogens is 194 g/mol. The van der Waals surface area contributed by atoms with E-state index in [0.717, 1.165) is 0 Å². The average molecular weight is 215 g/mol. The molecule has 2 aliphatic carbocycles. The fourth-order valence-electron chi connectivity index (χ4n) is 4.09. The van der Waals surface area contributed by atoms with Gasteiger partial charge < -0.3 is 5.73 Å². The Morgan fingerprint density at radius 1 is 1.19 bits per heavy atom. The van der Waals surface area contributed by atoms with E-state index >= 15 is 0 Å². The molecule has 0 aliphatic heterocycles. The number of nitrogens with two attached hydrogens (primary N) is 1. The molecule has 1 fully saturated rings. The van der Waals surface area contributed by atoms with Crippen LogP contribution in [-0.2, 0) is 0 Å². The molecule has 4 unspecified atom stereocenters. The van der Waals surface area contributed by atoms with Gasteiger partial charge in [-0.1, -0.05) is 45.0 Å². The maximum Gasteiger partial charge on any atom is 0.0131 e. The van der Waals surface area contributed by atoms with Gasteiger partial charge in [0.2, 0.25) is 0 Å². The van der Waals surface area contributed by atoms with E-state index in [1.54, 1.807) is 11.1 Å². The lowest BCUT2D eigenvalue weighted by atomic mass is 9.46. The van der Waals surface area contributed by atoms with E-state index in [-0.39, 0.29) is 5.41 Å². The zero-order valence-corrected chi connectivity index (χ0v) is 10.4. The summed E-state index contributed by atoms with van der Waals surface area (Å²) >= 11 is 0. The van der Waals surface area contributed by atoms with E-state index in [9.17, 15) is 0 Å². The quantitative estimate of drug-likeness (QED) is 0.706. The van der Waals surface area contributed by atoms with Gasteiger partial charge in [-0.05, 0) is 40.7 Å². The van der Waals surface area contributed by atoms with Gasteiger partial charge in [0.05, 0.1) is 0 Å². The molecule has 3 rings (SSSR count). The van der Waals surface area contributed by atoms with Crippen molar-refractivity contribution in [2.75, 3.05) is 0 Å². The molecule has 1 heteroatoms. The number of benzene rings is 1. The molecule has 0 amide bonds. The second kappa shape index (κ2) is 3.10. The van der Waals surface area contributed by atoms with Gasteiger partial charge in [-0.25, -0.2) is 0 Å². The fourth-order valence-corrected chi connectivity index (χ4v) is 4.09. The van der Waals surface area contributed by atoms with Crippen molar-refractivity contribution in [2.24, 2.45) is 17.1 Å². The van der Waals surface area contributed by atoms with Gasteiger partial charge in [-0.2, -0.15) is 0 Å². The molecule has 0 aromatic heterocycles. The maximum atomic E-state index is 6.33. The highest BCUT2D eigenvalue weighted by molar-refractivity contribution is 5.41. The summed E-state index contributed by atoms with van der Waals surface area (Å²) in [7, 11) is 0. The molecule has 4 atom stereocenters. The average Bonchev–Trinajstić information content (AvgIpc) is 2.28. The molecule has 1 aromatic rings. The van der Waals surface area contributed by atoms with Gasteiger partial charge in [0.25, 0.3) is 0 Å². The highest BCUT2D eigenvalue weighted by Crippen LogP contribution is 2.61. The van der Waals surface area contributed by atoms with Crippen LogP contribution in [0.25, 0.3) is 0 Å². The van der Waals surface area contributed by atoms with E-state index in [2.05, 4.69) is 45.0 Å². The first kappa shape index (κ1) is 10.3. The van der Waals surface area contributed by atoms with Crippen LogP contribution in [0, 0.1) is 11.3 Å². The minimum absolute atomic E-state index is 0.279. The van der Waals surface area contributed by atoms with E-state index in [0.29, 0.717) is 23.8 Å². The lowest BCUT2D eigenvalue weighted by molar-refractivity contribution is -0.00360. The predicted molar refractivity (Wildman–Crippen MR) is 67.5 cm³/mol. The first-order valence-corrected chi connectivity index (χ1v) is 6.38. The number of hydrogen-bond donors (Lipinski definition) is 1. The molecule has 1 aromatic carbocycles. The highest BCUT2D eigenvalue weighted by atomic mass is 14.8. The fraction of sp³-hybridized carbons (Fsp3) is 0.600. The zero-order chi connectivity index (χ0) is 11.5. The Labute approximate surface area is 98.0 Å². The summed E-state index contributed by atoms with van der Waals surface area (Å²) < 4.78 is 0. The largest absolute Gasteiger partial charge is 0.327 e. The second-order valence-corrected chi connectivity index (χ2v) is 6.25. The van der Waals surface area contributed by atoms with Crippen molar-refractivity contribution in [1.29, 1.82) is 0 Å². The van der Waals surface area contributed by atoms with Crippen LogP contribution in [0.2, 0.25) is 0 Å². The van der Waals surface area contributed by atoms with Crippen molar-refractivity contribution >= 4 is 0 Å². The van der Waals surface area contributed by atoms with E-state index in [1.165, 1.54) is 6.42 Å². The van der Waals surface area contributed by atoms with Crippen LogP contribution in [0.3, 0.4) is 0 Å². The van der Waals surface area contributed by atoms with Crippen molar-refractivity contribution in [3.05, 3.63) is 35.4 Å². The van der Waals surface area contributed by atoms with E-state index < -0.39 is 0 Å². The number of rotatable bonds is 0. The highest BCUT2D eigenvalue weighted by Gasteiger charge is 2.57. The summed E-state index contributed by atoms with van der Waals surface area (Å²) in [5.41, 5.74) is 9.74. The Hall–Kier alpha value is -0.820. The monoisotopic (exact) mass is 215 g/mol. The summed E-state index contributed by atoms with van der Waals surface area (Å²) in [6.07, 6.45) is 1.27. The standard InChI is InChI=1S/C15H21N/c1-9-8-12-13(15(2,3)14(12)16)11-7-5-4-6-10(9)11/h4-7,9,12-14H,8,16H2,1-3H3. The van der Waals surface area contributed by atoms with Crippen molar-refractivity contribution in [2.45, 2.75) is 45.1 Å². The van der Waals surface area contributed by atoms with Crippen molar-refractivity contribution in [1.82, 2.24) is 0 Å². The minimum atomic E-state index is 0.279. The Morgan fingerprint density at radius 3 is 2.50 bits per heavy atom. The van der Waals surface area contributed by atoms with Gasteiger partial charge in [0.15, 0.2) is 0 Å². The predicted octanol–water partition coefficient (Wildman–Crippen LogP) is 3.26. The SMILES string of the molecule is CC1CC2C(N)C(C)(C)C2c2ccccc21. The molecule has 0 saturated heterocycles. The molecule has 2 aliphatic rings. The normalized spacial score (nSPS) is 39.5. The third-order valence-electron chi connectivity index (χ3n) is 5.04. The Balaban J connectivity index is 2.10. The topological polar surface area (TPSA) is 26.0 Å². The van der Waals surface area contributed by atoms with Crippen LogP contribution < -0.4 is 5.73 Å². The number of hydrogen-bond acceptors (Lipinski definition) is 1. The summed E-state index contributed by atoms with van der Waals surface area (Å²) in [6, 6.07) is 9.34. The van der Waals surface area contributed by atoms with E-state index in [4.69, 9.17) is 5.73 Å². The third-order valence-corrected chi connectivity index (χ3v) is 5.04. The molecule has 0 radical (unpaired) electrons. The second-order valence-electron chi connectivity index (χ2n) is 6.25. The minimum Gasteiger partial charge on any atom is -0.327 e. The molecule has 16 heavy (non-hydrogen) atoms. The van der Waals surface area contributed by atoms with Gasteiger partial charge in [-0.15, -0.1) is 0 Å². The molecule has 2 N–H and O–H groups in total. The molecule has 1 saturated carbocycles. The molecular formula is C15H21N. The summed E-state index contributed by atoms with van der Waals surface area (Å²) in [5.74, 6) is 2.08. The molecule has 0 bridgehead atoms. The Kier molecular flexibility index (Phi) is 2.00. The smallest absolute Gasteiger partial charge is 0.0131 e. The van der Waals surface area contributed by atoms with E-state index in [1.807, 2.05) is 0 Å². The van der Waals surface area contributed by atoms with Gasteiger partial charge in [0.1, 0.15) is 0 Å². The number of fused-ring (bicyclic) bond motifs is 3. The van der Waals surface area contributed by atoms with Crippen molar-refractivity contribution in [3.8, 4) is 0 Å².